The molecule has 0 atom stereocenters. The number of rotatable bonds is 4. The number of carbonyl (C=O) groups excluding carboxylic acids is 2. The number of nitrogens with zero attached hydrogens (tertiary/aromatic N) is 1. The van der Waals surface area contributed by atoms with Crippen molar-refractivity contribution < 1.29 is 9.59 Å². The largest absolute Gasteiger partial charge is 0.365 e. The Kier molecular flexibility index (Phi) is 6.22. The molecular weight excluding hydrogens is 452 g/mol. The van der Waals surface area contributed by atoms with E-state index in [1.807, 2.05) is 29.2 Å². The van der Waals surface area contributed by atoms with Gasteiger partial charge in [-0.05, 0) is 48.5 Å². The molecule has 0 saturated heterocycles. The minimum Gasteiger partial charge on any atom is -0.365 e. The molecule has 2 aromatic carbocycles. The summed E-state index contributed by atoms with van der Waals surface area (Å²) >= 11 is 13.1. The number of fused-ring (bicyclic) bond motifs is 1. The maximum Gasteiger partial charge on any atom is 0.256 e. The zero-order valence-electron chi connectivity index (χ0n) is 16.4. The van der Waals surface area contributed by atoms with Gasteiger partial charge in [0.15, 0.2) is 5.11 Å². The lowest BCUT2D eigenvalue weighted by molar-refractivity contribution is 0.1000. The van der Waals surface area contributed by atoms with Crippen molar-refractivity contribution in [3.63, 3.8) is 0 Å². The van der Waals surface area contributed by atoms with E-state index in [-0.39, 0.29) is 5.91 Å². The summed E-state index contributed by atoms with van der Waals surface area (Å²) in [5.41, 5.74) is 8.16. The monoisotopic (exact) mass is 470 g/mol. The molecule has 6 nitrogen and oxygen atoms in total. The van der Waals surface area contributed by atoms with Gasteiger partial charge in [0.25, 0.3) is 11.8 Å². The summed E-state index contributed by atoms with van der Waals surface area (Å²) < 4.78 is 0. The Balaban J connectivity index is 1.55. The van der Waals surface area contributed by atoms with Crippen molar-refractivity contribution in [1.82, 2.24) is 4.90 Å². The molecule has 0 radical (unpaired) electrons. The third-order valence-electron chi connectivity index (χ3n) is 4.97. The van der Waals surface area contributed by atoms with Gasteiger partial charge in [-0.15, -0.1) is 11.3 Å². The Labute approximate surface area is 194 Å². The highest BCUT2D eigenvalue weighted by Gasteiger charge is 2.29. The van der Waals surface area contributed by atoms with Gasteiger partial charge in [0.05, 0.1) is 22.8 Å². The minimum absolute atomic E-state index is 0.283. The molecule has 0 spiro atoms. The first-order valence-corrected chi connectivity index (χ1v) is 11.2. The van der Waals surface area contributed by atoms with Crippen molar-refractivity contribution in [2.24, 2.45) is 5.73 Å². The summed E-state index contributed by atoms with van der Waals surface area (Å²) in [6, 6.07) is 16.2. The number of para-hydroxylation sites is 1. The molecular formula is C22H19ClN4O2S2. The second-order valence-corrected chi connectivity index (χ2v) is 8.87. The van der Waals surface area contributed by atoms with Crippen molar-refractivity contribution in [3.8, 4) is 0 Å². The molecule has 4 rings (SSSR count). The molecule has 0 aliphatic carbocycles. The average molecular weight is 471 g/mol. The standard InChI is InChI=1S/C22H19ClN4O2S2/c23-15-8-4-5-9-16(15)25-22(30)27-11-10-14-17(12-27)31-21(18(14)19(24)28)26-20(29)13-6-2-1-3-7-13/h1-9H,10-12H2,(H2,24,28)(H,25,30)(H,26,29). The molecule has 3 aromatic rings. The lowest BCUT2D eigenvalue weighted by atomic mass is 10.0. The van der Waals surface area contributed by atoms with E-state index in [1.54, 1.807) is 30.3 Å². The van der Waals surface area contributed by atoms with Crippen LogP contribution in [-0.4, -0.2) is 28.4 Å². The first-order valence-electron chi connectivity index (χ1n) is 9.55. The second-order valence-electron chi connectivity index (χ2n) is 6.97. The van der Waals surface area contributed by atoms with Gasteiger partial charge in [0.1, 0.15) is 5.00 Å². The van der Waals surface area contributed by atoms with Crippen molar-refractivity contribution in [2.75, 3.05) is 17.2 Å². The van der Waals surface area contributed by atoms with Crippen molar-refractivity contribution >= 4 is 62.8 Å². The van der Waals surface area contributed by atoms with Gasteiger partial charge in [-0.2, -0.15) is 0 Å². The fraction of sp³-hybridized carbons (Fsp3) is 0.136. The van der Waals surface area contributed by atoms with Crippen LogP contribution in [0.25, 0.3) is 0 Å². The van der Waals surface area contributed by atoms with Gasteiger partial charge >= 0.3 is 0 Å². The number of hydrogen-bond acceptors (Lipinski definition) is 4. The van der Waals surface area contributed by atoms with E-state index in [1.165, 1.54) is 11.3 Å². The number of halogens is 1. The number of nitrogens with two attached hydrogens (primary N) is 1. The predicted molar refractivity (Wildman–Crippen MR) is 129 cm³/mol. The third kappa shape index (κ3) is 4.56. The summed E-state index contributed by atoms with van der Waals surface area (Å²) in [5.74, 6) is -0.833. The summed E-state index contributed by atoms with van der Waals surface area (Å²) in [7, 11) is 0. The third-order valence-corrected chi connectivity index (χ3v) is 6.79. The molecule has 1 aliphatic heterocycles. The number of hydrogen-bond donors (Lipinski definition) is 3. The Hall–Kier alpha value is -2.94. The summed E-state index contributed by atoms with van der Waals surface area (Å²) in [6.07, 6.45) is 0.593. The zero-order valence-corrected chi connectivity index (χ0v) is 18.7. The van der Waals surface area contributed by atoms with Gasteiger partial charge in [0, 0.05) is 17.0 Å². The zero-order chi connectivity index (χ0) is 22.0. The minimum atomic E-state index is -0.550. The highest BCUT2D eigenvalue weighted by Crippen LogP contribution is 2.37. The average Bonchev–Trinajstić information content (AvgIpc) is 3.13. The van der Waals surface area contributed by atoms with Gasteiger partial charge in [-0.3, -0.25) is 9.59 Å². The highest BCUT2D eigenvalue weighted by molar-refractivity contribution is 7.80. The molecule has 1 aromatic heterocycles. The number of anilines is 2. The van der Waals surface area contributed by atoms with Crippen LogP contribution < -0.4 is 16.4 Å². The van der Waals surface area contributed by atoms with Gasteiger partial charge in [-0.1, -0.05) is 41.9 Å². The number of benzene rings is 2. The first kappa shape index (κ1) is 21.3. The van der Waals surface area contributed by atoms with E-state index in [0.717, 1.165) is 16.1 Å². The molecule has 158 valence electrons. The molecule has 31 heavy (non-hydrogen) atoms. The van der Waals surface area contributed by atoms with Crippen LogP contribution in [0.4, 0.5) is 10.7 Å². The summed E-state index contributed by atoms with van der Waals surface area (Å²) in [4.78, 5) is 27.7. The number of nitrogens with one attached hydrogen (secondary N) is 2. The van der Waals surface area contributed by atoms with Crippen LogP contribution in [-0.2, 0) is 13.0 Å². The van der Waals surface area contributed by atoms with E-state index in [0.29, 0.717) is 45.8 Å². The SMILES string of the molecule is NC(=O)c1c(NC(=O)c2ccccc2)sc2c1CCN(C(=S)Nc1ccccc1Cl)C2. The van der Waals surface area contributed by atoms with Crippen LogP contribution in [0.1, 0.15) is 31.2 Å². The molecule has 9 heteroatoms. The Morgan fingerprint density at radius 3 is 2.48 bits per heavy atom. The van der Waals surface area contributed by atoms with Crippen LogP contribution in [0.15, 0.2) is 54.6 Å². The molecule has 4 N–H and O–H groups in total. The normalized spacial score (nSPS) is 12.7. The van der Waals surface area contributed by atoms with Gasteiger partial charge < -0.3 is 21.3 Å². The van der Waals surface area contributed by atoms with Crippen LogP contribution >= 0.6 is 35.2 Å². The molecule has 2 heterocycles. The van der Waals surface area contributed by atoms with E-state index < -0.39 is 5.91 Å². The number of thiocarbonyl (C=S) groups is 1. The van der Waals surface area contributed by atoms with Crippen LogP contribution in [0.2, 0.25) is 5.02 Å². The molecule has 2 amide bonds. The van der Waals surface area contributed by atoms with E-state index in [9.17, 15) is 9.59 Å². The van der Waals surface area contributed by atoms with Crippen LogP contribution in [0.5, 0.6) is 0 Å². The first-order chi connectivity index (χ1) is 14.9. The summed E-state index contributed by atoms with van der Waals surface area (Å²) in [6.45, 7) is 1.13. The lowest BCUT2D eigenvalue weighted by Crippen LogP contribution is -2.38. The molecule has 1 aliphatic rings. The molecule has 0 bridgehead atoms. The maximum atomic E-state index is 12.6. The number of thiophene rings is 1. The van der Waals surface area contributed by atoms with Crippen molar-refractivity contribution in [3.05, 3.63) is 81.2 Å². The van der Waals surface area contributed by atoms with Gasteiger partial charge in [-0.25, -0.2) is 0 Å². The highest BCUT2D eigenvalue weighted by atomic mass is 35.5. The molecule has 0 fully saturated rings. The quantitative estimate of drug-likeness (QED) is 0.488. The fourth-order valence-corrected chi connectivity index (χ4v) is 5.16. The van der Waals surface area contributed by atoms with Crippen LogP contribution in [0, 0.1) is 0 Å². The number of primary amides is 1. The van der Waals surface area contributed by atoms with Crippen LogP contribution in [0.3, 0.4) is 0 Å². The maximum absolute atomic E-state index is 12.6. The molecule has 0 unspecified atom stereocenters. The fourth-order valence-electron chi connectivity index (χ4n) is 3.45. The van der Waals surface area contributed by atoms with Crippen molar-refractivity contribution in [1.29, 1.82) is 0 Å². The lowest BCUT2D eigenvalue weighted by Gasteiger charge is -2.29. The predicted octanol–water partition coefficient (Wildman–Crippen LogP) is 4.51. The Morgan fingerprint density at radius 1 is 1.06 bits per heavy atom. The number of amides is 2. The topological polar surface area (TPSA) is 87.5 Å². The number of carbonyl (C=O) groups is 2. The van der Waals surface area contributed by atoms with Crippen molar-refractivity contribution in [2.45, 2.75) is 13.0 Å². The summed E-state index contributed by atoms with van der Waals surface area (Å²) in [5, 5.41) is 7.63. The molecule has 0 saturated carbocycles. The van der Waals surface area contributed by atoms with E-state index in [2.05, 4.69) is 10.6 Å². The van der Waals surface area contributed by atoms with E-state index in [4.69, 9.17) is 29.6 Å². The Bertz CT molecular complexity index is 1160. The Morgan fingerprint density at radius 2 is 1.77 bits per heavy atom. The second kappa shape index (κ2) is 9.05. The smallest absolute Gasteiger partial charge is 0.256 e. The van der Waals surface area contributed by atoms with Gasteiger partial charge in [0.2, 0.25) is 0 Å². The van der Waals surface area contributed by atoms with E-state index >= 15 is 0 Å².